The number of carbonyl (C=O) groups excluding carboxylic acids is 1. The van der Waals surface area contributed by atoms with Crippen LogP contribution in [0.3, 0.4) is 0 Å². The number of Topliss-reactive ketones (excluding diaryl/α,β-unsaturated/α-hetero) is 1. The van der Waals surface area contributed by atoms with E-state index < -0.39 is 5.97 Å². The van der Waals surface area contributed by atoms with E-state index in [1.165, 1.54) is 6.92 Å². The van der Waals surface area contributed by atoms with E-state index in [1.807, 2.05) is 0 Å². The van der Waals surface area contributed by atoms with E-state index in [9.17, 15) is 9.59 Å². The molecule has 1 N–H and O–H groups in total. The maximum Gasteiger partial charge on any atom is 0.310 e. The summed E-state index contributed by atoms with van der Waals surface area (Å²) in [5.41, 5.74) is 0. The first-order valence-electron chi connectivity index (χ1n) is 7.38. The quantitative estimate of drug-likeness (QED) is 0.251. The smallest absolute Gasteiger partial charge is 0.310 e. The zero-order chi connectivity index (χ0) is 16.5. The average Bonchev–Trinajstić information content (AvgIpc) is 2.40. The van der Waals surface area contributed by atoms with Gasteiger partial charge in [0.2, 0.25) is 0 Å². The SMILES string of the molecule is CC(=O)CC(=O)O.CCCOC[C-](OCCC)OCCC.[Ti]. The number of rotatable bonds is 12. The Labute approximate surface area is 148 Å². The molecule has 130 valence electrons. The number of carboxylic acids is 1. The molecule has 0 amide bonds. The van der Waals surface area contributed by atoms with Crippen LogP contribution in [0.4, 0.5) is 0 Å². The Hall–Kier alpha value is -0.266. The summed E-state index contributed by atoms with van der Waals surface area (Å²) < 4.78 is 16.2. The van der Waals surface area contributed by atoms with Crippen LogP contribution in [-0.2, 0) is 45.5 Å². The second-order valence-corrected chi connectivity index (χ2v) is 4.39. The number of carboxylic acid groups (broad SMARTS) is 1. The van der Waals surface area contributed by atoms with Crippen molar-refractivity contribution in [2.75, 3.05) is 26.4 Å². The van der Waals surface area contributed by atoms with E-state index in [-0.39, 0.29) is 33.9 Å². The maximum atomic E-state index is 9.87. The van der Waals surface area contributed by atoms with Gasteiger partial charge in [-0.3, -0.25) is 9.59 Å². The molecule has 0 aliphatic carbocycles. The molecule has 0 spiro atoms. The van der Waals surface area contributed by atoms with Gasteiger partial charge in [-0.2, -0.15) is 0 Å². The summed E-state index contributed by atoms with van der Waals surface area (Å²) in [6.45, 7) is 10.1. The third-order valence-corrected chi connectivity index (χ3v) is 1.90. The van der Waals surface area contributed by atoms with Crippen LogP contribution in [0.5, 0.6) is 0 Å². The first-order valence-corrected chi connectivity index (χ1v) is 7.38. The van der Waals surface area contributed by atoms with Gasteiger partial charge in [-0.15, -0.1) is 0 Å². The van der Waals surface area contributed by atoms with Crippen molar-refractivity contribution < 1.29 is 50.6 Å². The fourth-order valence-electron chi connectivity index (χ4n) is 1.07. The Bertz CT molecular complexity index is 240. The predicted octanol–water partition coefficient (Wildman–Crippen LogP) is 2.80. The largest absolute Gasteiger partial charge is 0.519 e. The number of ketones is 1. The molecule has 0 bridgehead atoms. The van der Waals surface area contributed by atoms with Crippen LogP contribution < -0.4 is 0 Å². The summed E-state index contributed by atoms with van der Waals surface area (Å²) in [6, 6.07) is 0. The van der Waals surface area contributed by atoms with E-state index in [4.69, 9.17) is 19.3 Å². The molecule has 0 heterocycles. The second-order valence-electron chi connectivity index (χ2n) is 4.39. The van der Waals surface area contributed by atoms with Gasteiger partial charge in [-0.05, 0) is 32.8 Å². The molecule has 0 aliphatic heterocycles. The molecular weight excluding hydrogens is 324 g/mol. The molecule has 0 aromatic carbocycles. The first-order chi connectivity index (χ1) is 9.97. The van der Waals surface area contributed by atoms with Crippen LogP contribution in [0, 0.1) is 6.29 Å². The fourth-order valence-corrected chi connectivity index (χ4v) is 1.07. The van der Waals surface area contributed by atoms with E-state index in [1.54, 1.807) is 0 Å². The molecule has 0 fully saturated rings. The minimum absolute atomic E-state index is 0. The summed E-state index contributed by atoms with van der Waals surface area (Å²) >= 11 is 0. The van der Waals surface area contributed by atoms with Crippen LogP contribution in [0.2, 0.25) is 0 Å². The van der Waals surface area contributed by atoms with E-state index >= 15 is 0 Å². The van der Waals surface area contributed by atoms with Crippen molar-refractivity contribution in [2.24, 2.45) is 0 Å². The first kappa shape index (κ1) is 26.6. The molecule has 7 heteroatoms. The zero-order valence-corrected chi connectivity index (χ0v) is 15.7. The molecule has 0 rings (SSSR count). The maximum absolute atomic E-state index is 9.87. The Balaban J connectivity index is -0.000000385. The summed E-state index contributed by atoms with van der Waals surface area (Å²) in [4.78, 5) is 19.5. The van der Waals surface area contributed by atoms with Crippen molar-refractivity contribution >= 4 is 11.8 Å². The van der Waals surface area contributed by atoms with Crippen molar-refractivity contribution in [2.45, 2.75) is 53.4 Å². The Morgan fingerprint density at radius 3 is 1.68 bits per heavy atom. The Morgan fingerprint density at radius 1 is 0.955 bits per heavy atom. The van der Waals surface area contributed by atoms with Gasteiger partial charge in [0.25, 0.3) is 0 Å². The normalized spacial score (nSPS) is 9.68. The van der Waals surface area contributed by atoms with Gasteiger partial charge in [0.05, 0.1) is 0 Å². The molecule has 22 heavy (non-hydrogen) atoms. The van der Waals surface area contributed by atoms with Crippen LogP contribution in [0.15, 0.2) is 0 Å². The van der Waals surface area contributed by atoms with Crippen molar-refractivity contribution in [3.05, 3.63) is 6.29 Å². The molecule has 0 radical (unpaired) electrons. The Morgan fingerprint density at radius 2 is 1.41 bits per heavy atom. The van der Waals surface area contributed by atoms with Crippen LogP contribution in [0.25, 0.3) is 0 Å². The van der Waals surface area contributed by atoms with E-state index in [2.05, 4.69) is 20.8 Å². The number of hydrogen-bond donors (Lipinski definition) is 1. The van der Waals surface area contributed by atoms with E-state index in [0.29, 0.717) is 26.1 Å². The van der Waals surface area contributed by atoms with Crippen LogP contribution in [-0.4, -0.2) is 43.3 Å². The van der Waals surface area contributed by atoms with Gasteiger partial charge >= 0.3 is 5.97 Å². The fraction of sp³-hybridized carbons (Fsp3) is 0.800. The van der Waals surface area contributed by atoms with Gasteiger partial charge in [0, 0.05) is 41.5 Å². The summed E-state index contributed by atoms with van der Waals surface area (Å²) in [7, 11) is 0. The summed E-state index contributed by atoms with van der Waals surface area (Å²) in [6.07, 6.45) is 3.27. The number of hydrogen-bond acceptors (Lipinski definition) is 5. The van der Waals surface area contributed by atoms with Crippen molar-refractivity contribution in [3.63, 3.8) is 0 Å². The molecule has 0 aromatic rings. The van der Waals surface area contributed by atoms with Crippen LogP contribution in [0.1, 0.15) is 53.4 Å². The third kappa shape index (κ3) is 24.7. The van der Waals surface area contributed by atoms with Gasteiger partial charge in [-0.25, -0.2) is 0 Å². The average molecular weight is 353 g/mol. The predicted molar refractivity (Wildman–Crippen MR) is 79.8 cm³/mol. The number of ether oxygens (including phenoxy) is 3. The summed E-state index contributed by atoms with van der Waals surface area (Å²) in [5, 5.41) is 7.86. The zero-order valence-electron chi connectivity index (χ0n) is 14.1. The molecule has 0 saturated carbocycles. The molecular formula is C15H29O6Ti-. The minimum atomic E-state index is -1.06. The van der Waals surface area contributed by atoms with Crippen molar-refractivity contribution in [3.8, 4) is 0 Å². The molecule has 0 aliphatic rings. The molecule has 6 nitrogen and oxygen atoms in total. The molecule has 0 saturated heterocycles. The minimum Gasteiger partial charge on any atom is -0.519 e. The third-order valence-electron chi connectivity index (χ3n) is 1.90. The molecule has 0 atom stereocenters. The molecule has 0 unspecified atom stereocenters. The number of carbonyl (C=O) groups is 2. The second kappa shape index (κ2) is 20.7. The van der Waals surface area contributed by atoms with Crippen molar-refractivity contribution in [1.82, 2.24) is 0 Å². The standard InChI is InChI=1S/C11H23O3.C4H6O3.Ti/c1-4-7-12-10-11(13-8-5-2)14-9-6-3;1-3(5)2-4(6)7;/h4-10H2,1-3H3;2H2,1H3,(H,6,7);/q-1;;. The topological polar surface area (TPSA) is 82.1 Å². The summed E-state index contributed by atoms with van der Waals surface area (Å²) in [5.74, 6) is -1.37. The Kier molecular flexibility index (Phi) is 25.1. The van der Waals surface area contributed by atoms with Crippen molar-refractivity contribution in [1.29, 1.82) is 0 Å². The van der Waals surface area contributed by atoms with Gasteiger partial charge in [0.15, 0.2) is 0 Å². The van der Waals surface area contributed by atoms with Gasteiger partial charge in [0.1, 0.15) is 12.2 Å². The van der Waals surface area contributed by atoms with Crippen LogP contribution >= 0.6 is 0 Å². The molecule has 0 aromatic heterocycles. The van der Waals surface area contributed by atoms with Gasteiger partial charge in [-0.1, -0.05) is 27.1 Å². The van der Waals surface area contributed by atoms with Gasteiger partial charge < -0.3 is 19.3 Å². The number of aliphatic carboxylic acids is 1. The van der Waals surface area contributed by atoms with E-state index in [0.717, 1.165) is 25.9 Å². The monoisotopic (exact) mass is 353 g/mol.